The number of esters is 1. The molecule has 0 spiro atoms. The van der Waals surface area contributed by atoms with Crippen molar-refractivity contribution in [3.05, 3.63) is 80.3 Å². The molecule has 32 heavy (non-hydrogen) atoms. The summed E-state index contributed by atoms with van der Waals surface area (Å²) in [6.07, 6.45) is 1.97. The Morgan fingerprint density at radius 2 is 1.97 bits per heavy atom. The second-order valence-corrected chi connectivity index (χ2v) is 6.67. The van der Waals surface area contributed by atoms with Crippen LogP contribution in [0.15, 0.2) is 58.4 Å². The van der Waals surface area contributed by atoms with Gasteiger partial charge in [0, 0.05) is 12.7 Å². The first-order valence-electron chi connectivity index (χ1n) is 9.65. The first-order valence-corrected chi connectivity index (χ1v) is 9.65. The molecular weight excluding hydrogens is 420 g/mol. The molecule has 1 atom stereocenters. The van der Waals surface area contributed by atoms with E-state index in [-0.39, 0.29) is 30.9 Å². The highest BCUT2D eigenvalue weighted by atomic mass is 16.7. The number of hydrogen-bond donors (Lipinski definition) is 3. The van der Waals surface area contributed by atoms with Gasteiger partial charge in [-0.2, -0.15) is 0 Å². The maximum atomic E-state index is 12.8. The molecule has 170 valence electrons. The summed E-state index contributed by atoms with van der Waals surface area (Å²) in [6.45, 7) is 0.365. The van der Waals surface area contributed by atoms with E-state index in [9.17, 15) is 24.5 Å². The molecule has 12 heteroatoms. The standard InChI is InChI=1S/C20H24N6O6/c1-32-19(29)16(10-5-11-22-20(21)24-26(30)31)23-17(27)15-9-6-12-25(18(15)28)13-14-7-3-2-4-8-14/h2-4,6-9,12,16H,5,10-11,13H2,1H3,(H,23,27)(H3,21,22,24)/t16-/m0/s1. The topological polar surface area (TPSA) is 171 Å². The van der Waals surface area contributed by atoms with E-state index >= 15 is 0 Å². The van der Waals surface area contributed by atoms with Gasteiger partial charge in [-0.1, -0.05) is 35.8 Å². The van der Waals surface area contributed by atoms with Gasteiger partial charge in [-0.3, -0.25) is 9.59 Å². The predicted molar refractivity (Wildman–Crippen MR) is 115 cm³/mol. The maximum Gasteiger partial charge on any atom is 0.328 e. The van der Waals surface area contributed by atoms with Crippen LogP contribution in [0, 0.1) is 10.1 Å². The number of rotatable bonds is 10. The SMILES string of the molecule is COC(=O)[C@H](CCCN=C(N)N[N+](=O)[O-])NC(=O)c1cccn(Cc2ccccc2)c1=O. The summed E-state index contributed by atoms with van der Waals surface area (Å²) in [5.41, 5.74) is 7.30. The Balaban J connectivity index is 2.06. The largest absolute Gasteiger partial charge is 0.467 e. The second-order valence-electron chi connectivity index (χ2n) is 6.67. The van der Waals surface area contributed by atoms with Crippen LogP contribution < -0.4 is 22.0 Å². The lowest BCUT2D eigenvalue weighted by molar-refractivity contribution is -0.525. The van der Waals surface area contributed by atoms with Crippen molar-refractivity contribution in [3.63, 3.8) is 0 Å². The fourth-order valence-corrected chi connectivity index (χ4v) is 2.87. The van der Waals surface area contributed by atoms with Crippen molar-refractivity contribution >= 4 is 17.8 Å². The van der Waals surface area contributed by atoms with Gasteiger partial charge in [-0.15, -0.1) is 0 Å². The zero-order chi connectivity index (χ0) is 23.5. The molecule has 1 aromatic carbocycles. The molecular formula is C20H24N6O6. The van der Waals surface area contributed by atoms with Gasteiger partial charge in [-0.05, 0) is 30.5 Å². The monoisotopic (exact) mass is 444 g/mol. The van der Waals surface area contributed by atoms with E-state index in [0.717, 1.165) is 5.56 Å². The number of ether oxygens (including phenoxy) is 1. The third kappa shape index (κ3) is 7.23. The van der Waals surface area contributed by atoms with Gasteiger partial charge in [0.1, 0.15) is 11.6 Å². The quantitative estimate of drug-likeness (QED) is 0.115. The smallest absolute Gasteiger partial charge is 0.328 e. The molecule has 1 aromatic heterocycles. The van der Waals surface area contributed by atoms with E-state index in [2.05, 4.69) is 10.3 Å². The Kier molecular flexibility index (Phi) is 8.90. The van der Waals surface area contributed by atoms with E-state index in [0.29, 0.717) is 6.54 Å². The van der Waals surface area contributed by atoms with Crippen molar-refractivity contribution in [1.29, 1.82) is 0 Å². The molecule has 0 fully saturated rings. The lowest BCUT2D eigenvalue weighted by atomic mass is 10.1. The lowest BCUT2D eigenvalue weighted by Gasteiger charge is -2.16. The van der Waals surface area contributed by atoms with Crippen molar-refractivity contribution in [3.8, 4) is 0 Å². The molecule has 1 amide bonds. The number of aliphatic imine (C=N–C) groups is 1. The van der Waals surface area contributed by atoms with E-state index in [1.165, 1.54) is 17.7 Å². The van der Waals surface area contributed by atoms with Crippen LogP contribution in [0.5, 0.6) is 0 Å². The number of carbonyl (C=O) groups excluding carboxylic acids is 2. The Labute approximate surface area is 183 Å². The number of nitrogens with zero attached hydrogens (tertiary/aromatic N) is 3. The number of carbonyl (C=O) groups is 2. The molecule has 4 N–H and O–H groups in total. The highest BCUT2D eigenvalue weighted by Crippen LogP contribution is 2.04. The van der Waals surface area contributed by atoms with E-state index in [1.54, 1.807) is 17.7 Å². The Hall–Kier alpha value is -4.22. The maximum absolute atomic E-state index is 12.8. The number of pyridine rings is 1. The van der Waals surface area contributed by atoms with Crippen molar-refractivity contribution in [2.45, 2.75) is 25.4 Å². The number of aromatic nitrogens is 1. The van der Waals surface area contributed by atoms with Crippen molar-refractivity contribution < 1.29 is 19.4 Å². The van der Waals surface area contributed by atoms with Crippen LogP contribution in [0.1, 0.15) is 28.8 Å². The summed E-state index contributed by atoms with van der Waals surface area (Å²) in [4.78, 5) is 51.5. The highest BCUT2D eigenvalue weighted by molar-refractivity contribution is 5.96. The minimum Gasteiger partial charge on any atom is -0.467 e. The van der Waals surface area contributed by atoms with Crippen molar-refractivity contribution in [2.75, 3.05) is 13.7 Å². The minimum absolute atomic E-state index is 0.0747. The van der Waals surface area contributed by atoms with E-state index < -0.39 is 28.5 Å². The number of nitro groups is 1. The first-order chi connectivity index (χ1) is 15.3. The molecule has 0 bridgehead atoms. The molecule has 0 aliphatic heterocycles. The number of hydrazine groups is 1. The molecule has 0 saturated carbocycles. The van der Waals surface area contributed by atoms with Crippen LogP contribution in [0.2, 0.25) is 0 Å². The average Bonchev–Trinajstić information content (AvgIpc) is 2.76. The number of hydrogen-bond acceptors (Lipinski definition) is 7. The number of nitrogens with two attached hydrogens (primary N) is 1. The molecule has 0 radical (unpaired) electrons. The summed E-state index contributed by atoms with van der Waals surface area (Å²) < 4.78 is 6.11. The van der Waals surface area contributed by atoms with Gasteiger partial charge in [-0.25, -0.2) is 19.9 Å². The summed E-state index contributed by atoms with van der Waals surface area (Å²) >= 11 is 0. The van der Waals surface area contributed by atoms with Crippen LogP contribution in [-0.4, -0.2) is 47.1 Å². The molecule has 1 heterocycles. The van der Waals surface area contributed by atoms with Gasteiger partial charge in [0.05, 0.1) is 13.7 Å². The summed E-state index contributed by atoms with van der Waals surface area (Å²) in [5, 5.41) is 11.9. The number of amides is 1. The normalized spacial score (nSPS) is 12.0. The van der Waals surface area contributed by atoms with E-state index in [4.69, 9.17) is 10.5 Å². The number of benzene rings is 1. The Morgan fingerprint density at radius 3 is 2.62 bits per heavy atom. The lowest BCUT2D eigenvalue weighted by Crippen LogP contribution is -2.44. The van der Waals surface area contributed by atoms with Gasteiger partial charge >= 0.3 is 5.97 Å². The van der Waals surface area contributed by atoms with Crippen LogP contribution >= 0.6 is 0 Å². The molecule has 2 rings (SSSR count). The van der Waals surface area contributed by atoms with Crippen molar-refractivity contribution in [1.82, 2.24) is 15.3 Å². The molecule has 2 aromatic rings. The fraction of sp³-hybridized carbons (Fsp3) is 0.300. The van der Waals surface area contributed by atoms with Crippen LogP contribution in [0.25, 0.3) is 0 Å². The molecule has 0 aliphatic carbocycles. The summed E-state index contributed by atoms with van der Waals surface area (Å²) in [7, 11) is 1.17. The first kappa shape index (κ1) is 24.1. The molecule has 0 aliphatic rings. The van der Waals surface area contributed by atoms with Gasteiger partial charge in [0.2, 0.25) is 0 Å². The zero-order valence-electron chi connectivity index (χ0n) is 17.4. The Morgan fingerprint density at radius 1 is 1.25 bits per heavy atom. The minimum atomic E-state index is -1.03. The van der Waals surface area contributed by atoms with Crippen LogP contribution in [0.4, 0.5) is 0 Å². The number of nitrogens with one attached hydrogen (secondary N) is 2. The third-order valence-corrected chi connectivity index (χ3v) is 4.39. The Bertz CT molecular complexity index is 1040. The van der Waals surface area contributed by atoms with Gasteiger partial charge in [0.25, 0.3) is 17.4 Å². The third-order valence-electron chi connectivity index (χ3n) is 4.39. The predicted octanol–water partition coefficient (Wildman–Crippen LogP) is 0.0442. The van der Waals surface area contributed by atoms with Crippen LogP contribution in [-0.2, 0) is 16.1 Å². The van der Waals surface area contributed by atoms with Crippen molar-refractivity contribution in [2.24, 2.45) is 10.7 Å². The number of guanidine groups is 1. The summed E-state index contributed by atoms with van der Waals surface area (Å²) in [6, 6.07) is 11.2. The average molecular weight is 444 g/mol. The zero-order valence-corrected chi connectivity index (χ0v) is 17.4. The molecule has 0 unspecified atom stereocenters. The fourth-order valence-electron chi connectivity index (χ4n) is 2.87. The highest BCUT2D eigenvalue weighted by Gasteiger charge is 2.23. The molecule has 0 saturated heterocycles. The van der Waals surface area contributed by atoms with Gasteiger partial charge in [0.15, 0.2) is 5.03 Å². The van der Waals surface area contributed by atoms with E-state index in [1.807, 2.05) is 30.3 Å². The molecule has 12 nitrogen and oxygen atoms in total. The van der Waals surface area contributed by atoms with Gasteiger partial charge < -0.3 is 20.4 Å². The van der Waals surface area contributed by atoms with Crippen LogP contribution in [0.3, 0.4) is 0 Å². The number of methoxy groups -OCH3 is 1. The second kappa shape index (κ2) is 11.8. The summed E-state index contributed by atoms with van der Waals surface area (Å²) in [5.74, 6) is -1.79.